The van der Waals surface area contributed by atoms with Crippen molar-refractivity contribution in [1.29, 1.82) is 5.26 Å². The highest BCUT2D eigenvalue weighted by molar-refractivity contribution is 9.10. The number of hydrogen-bond acceptors (Lipinski definition) is 4. The van der Waals surface area contributed by atoms with Gasteiger partial charge in [-0.15, -0.1) is 0 Å². The van der Waals surface area contributed by atoms with Gasteiger partial charge in [0.15, 0.2) is 0 Å². The first-order valence-electron chi connectivity index (χ1n) is 4.39. The van der Waals surface area contributed by atoms with Gasteiger partial charge < -0.3 is 5.73 Å². The van der Waals surface area contributed by atoms with E-state index in [4.69, 9.17) is 11.0 Å². The van der Waals surface area contributed by atoms with Crippen molar-refractivity contribution in [3.05, 3.63) is 28.2 Å². The average molecular weight is 304 g/mol. The Balaban J connectivity index is 3.06. The number of sulfonamides is 1. The summed E-state index contributed by atoms with van der Waals surface area (Å²) in [5, 5.41) is 8.81. The van der Waals surface area contributed by atoms with Crippen LogP contribution in [-0.4, -0.2) is 20.7 Å². The molecule has 0 aliphatic heterocycles. The smallest absolute Gasteiger partial charge is 0.234 e. The Morgan fingerprint density at radius 3 is 2.75 bits per heavy atom. The zero-order chi connectivity index (χ0) is 12.2. The van der Waals surface area contributed by atoms with Crippen molar-refractivity contribution in [3.63, 3.8) is 0 Å². The molecule has 0 unspecified atom stereocenters. The molecule has 0 saturated heterocycles. The number of halogens is 1. The molecule has 1 aromatic rings. The number of hydrogen-bond donors (Lipinski definition) is 2. The zero-order valence-corrected chi connectivity index (χ0v) is 10.7. The van der Waals surface area contributed by atoms with Gasteiger partial charge in [-0.3, -0.25) is 4.72 Å². The van der Waals surface area contributed by atoms with Crippen LogP contribution >= 0.6 is 15.9 Å². The zero-order valence-electron chi connectivity index (χ0n) is 8.27. The summed E-state index contributed by atoms with van der Waals surface area (Å²) in [6, 6.07) is 6.64. The molecule has 0 aliphatic carbocycles. The third-order valence-electron chi connectivity index (χ3n) is 1.75. The van der Waals surface area contributed by atoms with Crippen molar-refractivity contribution in [2.24, 2.45) is 5.73 Å². The van der Waals surface area contributed by atoms with Gasteiger partial charge in [0.1, 0.15) is 6.07 Å². The van der Waals surface area contributed by atoms with Crippen LogP contribution < -0.4 is 10.5 Å². The molecule has 0 aromatic heterocycles. The molecule has 7 heteroatoms. The van der Waals surface area contributed by atoms with E-state index in [-0.39, 0.29) is 23.5 Å². The van der Waals surface area contributed by atoms with Gasteiger partial charge in [-0.05, 0) is 18.2 Å². The Morgan fingerprint density at radius 2 is 2.19 bits per heavy atom. The van der Waals surface area contributed by atoms with E-state index in [0.29, 0.717) is 4.47 Å². The van der Waals surface area contributed by atoms with Crippen LogP contribution in [0, 0.1) is 11.3 Å². The number of nitriles is 1. The van der Waals surface area contributed by atoms with Gasteiger partial charge in [0.05, 0.1) is 17.0 Å². The first kappa shape index (κ1) is 13.0. The van der Waals surface area contributed by atoms with Crippen LogP contribution in [0.3, 0.4) is 0 Å². The van der Waals surface area contributed by atoms with Crippen LogP contribution in [0.2, 0.25) is 0 Å². The molecule has 0 atom stereocenters. The van der Waals surface area contributed by atoms with E-state index in [9.17, 15) is 8.42 Å². The molecular weight excluding hydrogens is 294 g/mol. The first-order chi connectivity index (χ1) is 7.48. The van der Waals surface area contributed by atoms with Gasteiger partial charge in [-0.2, -0.15) is 5.26 Å². The van der Waals surface area contributed by atoms with Crippen molar-refractivity contribution in [1.82, 2.24) is 0 Å². The maximum Gasteiger partial charge on any atom is 0.234 e. The number of rotatable bonds is 4. The highest BCUT2D eigenvalue weighted by atomic mass is 79.9. The van der Waals surface area contributed by atoms with Crippen molar-refractivity contribution < 1.29 is 8.42 Å². The molecule has 0 spiro atoms. The Hall–Kier alpha value is -1.10. The molecule has 5 nitrogen and oxygen atoms in total. The van der Waals surface area contributed by atoms with E-state index < -0.39 is 10.0 Å². The fourth-order valence-corrected chi connectivity index (χ4v) is 2.35. The molecule has 86 valence electrons. The molecule has 16 heavy (non-hydrogen) atoms. The summed E-state index contributed by atoms with van der Waals surface area (Å²) in [6.07, 6.45) is 0. The largest absolute Gasteiger partial charge is 0.329 e. The van der Waals surface area contributed by atoms with Crippen LogP contribution in [0.5, 0.6) is 0 Å². The second-order valence-electron chi connectivity index (χ2n) is 3.01. The predicted octanol–water partition coefficient (Wildman–Crippen LogP) is 1.02. The maximum absolute atomic E-state index is 11.5. The quantitative estimate of drug-likeness (QED) is 0.868. The summed E-state index contributed by atoms with van der Waals surface area (Å²) in [7, 11) is -3.48. The Morgan fingerprint density at radius 1 is 1.50 bits per heavy atom. The minimum Gasteiger partial charge on any atom is -0.329 e. The number of anilines is 1. The second-order valence-corrected chi connectivity index (χ2v) is 5.77. The van der Waals surface area contributed by atoms with Crippen LogP contribution in [0.15, 0.2) is 22.7 Å². The second kappa shape index (κ2) is 5.30. The average Bonchev–Trinajstić information content (AvgIpc) is 2.17. The van der Waals surface area contributed by atoms with E-state index >= 15 is 0 Å². The number of nitrogens with one attached hydrogen (secondary N) is 1. The summed E-state index contributed by atoms with van der Waals surface area (Å²) in [5.41, 5.74) is 5.70. The van der Waals surface area contributed by atoms with Crippen molar-refractivity contribution in [3.8, 4) is 6.07 Å². The summed E-state index contributed by atoms with van der Waals surface area (Å²) in [4.78, 5) is 0. The van der Waals surface area contributed by atoms with Crippen molar-refractivity contribution in [2.45, 2.75) is 0 Å². The summed E-state index contributed by atoms with van der Waals surface area (Å²) >= 11 is 3.20. The van der Waals surface area contributed by atoms with Crippen LogP contribution in [0.25, 0.3) is 0 Å². The predicted molar refractivity (Wildman–Crippen MR) is 65.3 cm³/mol. The standard InChI is InChI=1S/C9H10BrN3O2S/c10-8-2-1-7(6-12)9(5-8)13-16(14,15)4-3-11/h1-2,5,13H,3-4,11H2. The molecule has 0 amide bonds. The third kappa shape index (κ3) is 3.48. The fraction of sp³-hybridized carbons (Fsp3) is 0.222. The van der Waals surface area contributed by atoms with Crippen LogP contribution in [0.4, 0.5) is 5.69 Å². The lowest BCUT2D eigenvalue weighted by Gasteiger charge is -2.08. The monoisotopic (exact) mass is 303 g/mol. The summed E-state index contributed by atoms with van der Waals surface area (Å²) in [6.45, 7) is 0.0330. The molecule has 0 heterocycles. The molecule has 1 rings (SSSR count). The molecular formula is C9H10BrN3O2S. The topological polar surface area (TPSA) is 96.0 Å². The van der Waals surface area contributed by atoms with Gasteiger partial charge >= 0.3 is 0 Å². The lowest BCUT2D eigenvalue weighted by molar-refractivity contribution is 0.601. The summed E-state index contributed by atoms with van der Waals surface area (Å²) in [5.74, 6) is -0.176. The van der Waals surface area contributed by atoms with Gasteiger partial charge in [-0.1, -0.05) is 15.9 Å². The summed E-state index contributed by atoms with van der Waals surface area (Å²) < 4.78 is 25.9. The Bertz CT molecular complexity index is 522. The molecule has 0 aliphatic rings. The van der Waals surface area contributed by atoms with E-state index in [1.54, 1.807) is 6.07 Å². The first-order valence-corrected chi connectivity index (χ1v) is 6.83. The van der Waals surface area contributed by atoms with Gasteiger partial charge in [0, 0.05) is 11.0 Å². The fourth-order valence-electron chi connectivity index (χ4n) is 1.07. The van der Waals surface area contributed by atoms with Crippen molar-refractivity contribution >= 4 is 31.6 Å². The molecule has 0 saturated carbocycles. The SMILES string of the molecule is N#Cc1ccc(Br)cc1NS(=O)(=O)CCN. The lowest BCUT2D eigenvalue weighted by atomic mass is 10.2. The third-order valence-corrected chi connectivity index (χ3v) is 3.55. The van der Waals surface area contributed by atoms with E-state index in [0.717, 1.165) is 0 Å². The molecule has 3 N–H and O–H groups in total. The van der Waals surface area contributed by atoms with Crippen molar-refractivity contribution in [2.75, 3.05) is 17.0 Å². The number of benzene rings is 1. The lowest BCUT2D eigenvalue weighted by Crippen LogP contribution is -2.22. The van der Waals surface area contributed by atoms with Gasteiger partial charge in [0.25, 0.3) is 0 Å². The maximum atomic E-state index is 11.5. The highest BCUT2D eigenvalue weighted by Crippen LogP contribution is 2.21. The van der Waals surface area contributed by atoms with Gasteiger partial charge in [0.2, 0.25) is 10.0 Å². The van der Waals surface area contributed by atoms with E-state index in [1.165, 1.54) is 12.1 Å². The van der Waals surface area contributed by atoms with Crippen LogP contribution in [0.1, 0.15) is 5.56 Å². The number of nitrogens with two attached hydrogens (primary N) is 1. The van der Waals surface area contributed by atoms with Gasteiger partial charge in [-0.25, -0.2) is 8.42 Å². The molecule has 0 bridgehead atoms. The minimum absolute atomic E-state index is 0.0330. The number of nitrogens with zero attached hydrogens (tertiary/aromatic N) is 1. The molecule has 1 aromatic carbocycles. The Labute approximate surface area is 102 Å². The molecule has 0 fully saturated rings. The van der Waals surface area contributed by atoms with Crippen LogP contribution in [-0.2, 0) is 10.0 Å². The normalized spacial score (nSPS) is 10.8. The highest BCUT2D eigenvalue weighted by Gasteiger charge is 2.12. The van der Waals surface area contributed by atoms with E-state index in [2.05, 4.69) is 20.7 Å². The van der Waals surface area contributed by atoms with E-state index in [1.807, 2.05) is 6.07 Å². The minimum atomic E-state index is -3.48. The Kier molecular flexibility index (Phi) is 4.29. The molecule has 0 radical (unpaired) electrons.